The third kappa shape index (κ3) is 18.5. The Morgan fingerprint density at radius 3 is 1.82 bits per heavy atom. The van der Waals surface area contributed by atoms with Crippen molar-refractivity contribution >= 4 is 41.4 Å². The minimum atomic E-state index is -1.84. The largest absolute Gasteiger partial charge is 0.494 e. The Bertz CT molecular complexity index is 2510. The molecule has 2 saturated heterocycles. The number of aliphatic hydroxyl groups is 6. The summed E-state index contributed by atoms with van der Waals surface area (Å²) in [5.41, 5.74) is 3.66. The molecule has 0 aliphatic carbocycles. The molecular formula is C56H81N8O15+. The number of likely N-dealkylation sites (N-methyl/N-ethyl adjacent to an activating group) is 1. The molecule has 23 heteroatoms. The van der Waals surface area contributed by atoms with Crippen LogP contribution < -0.4 is 31.3 Å². The third-order valence-corrected chi connectivity index (χ3v) is 13.6. The molecule has 11 unspecified atom stereocenters. The zero-order valence-electron chi connectivity index (χ0n) is 46.2. The van der Waals surface area contributed by atoms with Gasteiger partial charge >= 0.3 is 0 Å². The number of nitrogens with zero attached hydrogens (tertiary/aromatic N) is 3. The standard InChI is InChI=1S/C56H80N8O15/c1-8-9-10-24-78-42-21-19-39(20-22-42)37-13-11-36(12-14-37)38-15-17-40(18-16-38)50(72)57-43-27-46(70)54(79-25-23-64(5,6)7)59-47(71)30-62(28-33(2)31-65)55(76)48(34(3)67)60-52(74)44(32-66)58-53(75)45-26-41(69)29-63(45)56(77)49(35(4)68)61-51(43)73/h11-22,33-35,41,43-46,48-49,54,65-70H,8-10,23-32H2,1-7H3,(H4-,57,58,59,60,61,71,72,73,74,75)/p+1. The van der Waals surface area contributed by atoms with E-state index in [1.807, 2.05) is 69.7 Å². The number of fused-ring (bicyclic) bond motifs is 1. The number of hydrogen-bond donors (Lipinski definition) is 11. The predicted molar refractivity (Wildman–Crippen MR) is 290 cm³/mol. The Hall–Kier alpha value is -6.57. The van der Waals surface area contributed by atoms with E-state index >= 15 is 0 Å². The van der Waals surface area contributed by atoms with Crippen molar-refractivity contribution in [2.24, 2.45) is 5.92 Å². The van der Waals surface area contributed by atoms with Crippen molar-refractivity contribution in [3.8, 4) is 28.0 Å². The van der Waals surface area contributed by atoms with Crippen molar-refractivity contribution in [3.05, 3.63) is 78.4 Å². The van der Waals surface area contributed by atoms with Crippen molar-refractivity contribution in [1.82, 2.24) is 36.4 Å². The van der Waals surface area contributed by atoms with Crippen molar-refractivity contribution < 1.29 is 78.2 Å². The highest BCUT2D eigenvalue weighted by molar-refractivity contribution is 6.00. The van der Waals surface area contributed by atoms with E-state index in [4.69, 9.17) is 9.47 Å². The molecule has 7 amide bonds. The van der Waals surface area contributed by atoms with Gasteiger partial charge in [-0.25, -0.2) is 0 Å². The molecule has 0 bridgehead atoms. The van der Waals surface area contributed by atoms with Crippen LogP contribution >= 0.6 is 0 Å². The van der Waals surface area contributed by atoms with Crippen LogP contribution in [0.1, 0.15) is 70.2 Å². The average molecular weight is 1110 g/mol. The molecule has 79 heavy (non-hydrogen) atoms. The predicted octanol–water partition coefficient (Wildman–Crippen LogP) is -0.755. The highest BCUT2D eigenvalue weighted by atomic mass is 16.5. The number of benzene rings is 3. The first kappa shape index (κ1) is 63.3. The van der Waals surface area contributed by atoms with E-state index in [0.717, 1.165) is 57.1 Å². The van der Waals surface area contributed by atoms with Gasteiger partial charge in [0.25, 0.3) is 5.91 Å². The van der Waals surface area contributed by atoms with Crippen molar-refractivity contribution in [1.29, 1.82) is 0 Å². The van der Waals surface area contributed by atoms with Gasteiger partial charge in [0.05, 0.1) is 65.8 Å². The topological polar surface area (TPSA) is 326 Å². The summed E-state index contributed by atoms with van der Waals surface area (Å²) in [7, 11) is 5.59. The molecule has 11 atom stereocenters. The molecule has 3 aromatic carbocycles. The van der Waals surface area contributed by atoms with Crippen LogP contribution in [0.2, 0.25) is 0 Å². The molecule has 11 N–H and O–H groups in total. The number of quaternary nitrogens is 1. The second kappa shape index (κ2) is 29.6. The quantitative estimate of drug-likeness (QED) is 0.0520. The lowest BCUT2D eigenvalue weighted by Gasteiger charge is -2.33. The molecule has 0 saturated carbocycles. The van der Waals surface area contributed by atoms with Crippen LogP contribution in [0.5, 0.6) is 5.75 Å². The second-order valence-corrected chi connectivity index (χ2v) is 21.5. The minimum Gasteiger partial charge on any atom is -0.494 e. The van der Waals surface area contributed by atoms with Gasteiger partial charge in [0.15, 0.2) is 6.23 Å². The summed E-state index contributed by atoms with van der Waals surface area (Å²) in [6, 6.07) is 13.5. The molecule has 2 aliphatic rings. The number of rotatable bonds is 19. The summed E-state index contributed by atoms with van der Waals surface area (Å²) in [4.78, 5) is 101. The number of ether oxygens (including phenoxy) is 2. The molecule has 0 aromatic heterocycles. The smallest absolute Gasteiger partial charge is 0.251 e. The number of nitrogens with one attached hydrogen (secondary N) is 5. The second-order valence-electron chi connectivity index (χ2n) is 21.5. The highest BCUT2D eigenvalue weighted by Crippen LogP contribution is 2.27. The Morgan fingerprint density at radius 1 is 0.722 bits per heavy atom. The molecule has 2 aliphatic heterocycles. The van der Waals surface area contributed by atoms with Gasteiger partial charge in [0.2, 0.25) is 35.4 Å². The minimum absolute atomic E-state index is 0.0772. The lowest BCUT2D eigenvalue weighted by Crippen LogP contribution is -2.62. The summed E-state index contributed by atoms with van der Waals surface area (Å²) in [6.45, 7) is 3.93. The van der Waals surface area contributed by atoms with Crippen molar-refractivity contribution in [2.45, 2.75) is 121 Å². The van der Waals surface area contributed by atoms with Gasteiger partial charge in [0.1, 0.15) is 48.6 Å². The molecular weight excluding hydrogens is 1020 g/mol. The summed E-state index contributed by atoms with van der Waals surface area (Å²) >= 11 is 0. The summed E-state index contributed by atoms with van der Waals surface area (Å²) in [5.74, 6) is -6.97. The van der Waals surface area contributed by atoms with Gasteiger partial charge in [0, 0.05) is 38.1 Å². The van der Waals surface area contributed by atoms with Crippen LogP contribution in [0.25, 0.3) is 22.3 Å². The van der Waals surface area contributed by atoms with E-state index in [0.29, 0.717) is 17.6 Å². The SMILES string of the molecule is CCCCCOc1ccc(-c2ccc(-c3ccc(C(=O)NC4CC(O)C(OCC[N+](C)(C)C)NC(=O)CN(CC(C)CO)C(=O)C(C(C)O)NC(=O)C(CO)NC(=O)C5CC(O)CN5C(=O)C(C(C)O)NC4=O)cc3)cc2)cc1. The fourth-order valence-corrected chi connectivity index (χ4v) is 8.97. The van der Waals surface area contributed by atoms with Gasteiger partial charge < -0.3 is 81.0 Å². The van der Waals surface area contributed by atoms with E-state index in [9.17, 15) is 64.2 Å². The number of hydrogen-bond acceptors (Lipinski definition) is 15. The summed E-state index contributed by atoms with van der Waals surface area (Å²) in [6.07, 6.45) is -5.93. The maximum atomic E-state index is 14.6. The van der Waals surface area contributed by atoms with Gasteiger partial charge in [-0.3, -0.25) is 33.6 Å². The van der Waals surface area contributed by atoms with Gasteiger partial charge in [-0.05, 0) is 72.7 Å². The van der Waals surface area contributed by atoms with E-state index in [2.05, 4.69) is 33.5 Å². The van der Waals surface area contributed by atoms with Gasteiger partial charge in [-0.15, -0.1) is 0 Å². The summed E-state index contributed by atoms with van der Waals surface area (Å²) < 4.78 is 12.3. The number of carbonyl (C=O) groups is 7. The molecule has 434 valence electrons. The monoisotopic (exact) mass is 1110 g/mol. The lowest BCUT2D eigenvalue weighted by molar-refractivity contribution is -0.870. The first-order chi connectivity index (χ1) is 37.4. The fraction of sp³-hybridized carbons (Fsp3) is 0.554. The van der Waals surface area contributed by atoms with Crippen LogP contribution in [-0.2, 0) is 33.5 Å². The van der Waals surface area contributed by atoms with Crippen LogP contribution in [0.3, 0.4) is 0 Å². The third-order valence-electron chi connectivity index (χ3n) is 13.6. The van der Waals surface area contributed by atoms with Gasteiger partial charge in [-0.1, -0.05) is 75.2 Å². The van der Waals surface area contributed by atoms with Crippen LogP contribution in [0.4, 0.5) is 0 Å². The molecule has 23 nitrogen and oxygen atoms in total. The first-order valence-electron chi connectivity index (χ1n) is 26.8. The molecule has 5 rings (SSSR count). The Balaban J connectivity index is 1.49. The number of amides is 7. The summed E-state index contributed by atoms with van der Waals surface area (Å²) in [5, 5.41) is 77.1. The fourth-order valence-electron chi connectivity index (χ4n) is 8.97. The zero-order valence-corrected chi connectivity index (χ0v) is 46.2. The Labute approximate surface area is 461 Å². The number of aliphatic hydroxyl groups excluding tert-OH is 6. The maximum Gasteiger partial charge on any atom is 0.251 e. The van der Waals surface area contributed by atoms with Crippen molar-refractivity contribution in [2.75, 3.05) is 73.7 Å². The van der Waals surface area contributed by atoms with E-state index < -0.39 is 141 Å². The van der Waals surface area contributed by atoms with Crippen LogP contribution in [-0.4, -0.2) is 221 Å². The average Bonchev–Trinajstić information content (AvgIpc) is 3.85. The maximum absolute atomic E-state index is 14.6. The Kier molecular flexibility index (Phi) is 23.7. The van der Waals surface area contributed by atoms with Crippen molar-refractivity contribution in [3.63, 3.8) is 0 Å². The molecule has 2 fully saturated rings. The number of carbonyl (C=O) groups excluding carboxylic acids is 7. The van der Waals surface area contributed by atoms with Crippen LogP contribution in [0.15, 0.2) is 72.8 Å². The highest BCUT2D eigenvalue weighted by Gasteiger charge is 2.45. The van der Waals surface area contributed by atoms with Crippen LogP contribution in [0, 0.1) is 5.92 Å². The number of unbranched alkanes of at least 4 members (excludes halogenated alkanes) is 2. The lowest BCUT2D eigenvalue weighted by atomic mass is 9.99. The zero-order chi connectivity index (χ0) is 58.1. The molecule has 3 aromatic rings. The Morgan fingerprint density at radius 2 is 1.28 bits per heavy atom. The normalized spacial score (nSPS) is 24.5. The van der Waals surface area contributed by atoms with Gasteiger partial charge in [-0.2, -0.15) is 0 Å². The van der Waals surface area contributed by atoms with E-state index in [1.165, 1.54) is 26.0 Å². The molecule has 2 heterocycles. The first-order valence-corrected chi connectivity index (χ1v) is 26.8. The van der Waals surface area contributed by atoms with E-state index in [-0.39, 0.29) is 25.1 Å². The molecule has 0 spiro atoms. The van der Waals surface area contributed by atoms with E-state index in [1.54, 1.807) is 19.1 Å². The molecule has 0 radical (unpaired) electrons.